The number of aryl methyl sites for hydroxylation is 2. The molecule has 0 radical (unpaired) electrons. The summed E-state index contributed by atoms with van der Waals surface area (Å²) in [5.41, 5.74) is 1.99. The molecule has 2 heterocycles. The van der Waals surface area contributed by atoms with Crippen molar-refractivity contribution in [1.82, 2.24) is 14.1 Å². The zero-order valence-electron chi connectivity index (χ0n) is 16.3. The molecule has 1 aromatic rings. The van der Waals surface area contributed by atoms with Gasteiger partial charge in [-0.15, -0.1) is 0 Å². The van der Waals surface area contributed by atoms with Crippen molar-refractivity contribution in [3.8, 4) is 6.07 Å². The van der Waals surface area contributed by atoms with Gasteiger partial charge < -0.3 is 9.64 Å². The highest BCUT2D eigenvalue weighted by molar-refractivity contribution is 7.89. The number of hydrogen-bond donors (Lipinski definition) is 0. The second kappa shape index (κ2) is 8.57. The predicted octanol–water partition coefficient (Wildman–Crippen LogP) is 0.361. The molecule has 0 N–H and O–H groups in total. The molecule has 152 valence electrons. The summed E-state index contributed by atoms with van der Waals surface area (Å²) in [4.78, 5) is 16.4. The van der Waals surface area contributed by atoms with Crippen LogP contribution >= 0.6 is 0 Å². The van der Waals surface area contributed by atoms with Crippen molar-refractivity contribution < 1.29 is 17.9 Å². The molecule has 2 fully saturated rings. The first-order valence-electron chi connectivity index (χ1n) is 9.39. The highest BCUT2D eigenvalue weighted by atomic mass is 32.2. The van der Waals surface area contributed by atoms with E-state index in [-0.39, 0.29) is 25.5 Å². The Balaban J connectivity index is 1.60. The monoisotopic (exact) mass is 406 g/mol. The number of piperazine rings is 1. The van der Waals surface area contributed by atoms with Gasteiger partial charge in [-0.3, -0.25) is 9.69 Å². The van der Waals surface area contributed by atoms with Crippen LogP contribution in [0.4, 0.5) is 0 Å². The van der Waals surface area contributed by atoms with Crippen LogP contribution in [0.3, 0.4) is 0 Å². The van der Waals surface area contributed by atoms with Gasteiger partial charge in [0.25, 0.3) is 0 Å². The predicted molar refractivity (Wildman–Crippen MR) is 103 cm³/mol. The third kappa shape index (κ3) is 4.36. The fraction of sp³-hybridized carbons (Fsp3) is 0.579. The summed E-state index contributed by atoms with van der Waals surface area (Å²) in [5.74, 6) is -0.0784. The van der Waals surface area contributed by atoms with Gasteiger partial charge >= 0.3 is 0 Å². The summed E-state index contributed by atoms with van der Waals surface area (Å²) in [6, 6.07) is 6.89. The molecule has 8 nitrogen and oxygen atoms in total. The van der Waals surface area contributed by atoms with Crippen LogP contribution in [-0.2, 0) is 19.6 Å². The summed E-state index contributed by atoms with van der Waals surface area (Å²) in [5, 5.41) is 9.18. The molecule has 3 rings (SSSR count). The van der Waals surface area contributed by atoms with E-state index in [1.165, 1.54) is 4.31 Å². The highest BCUT2D eigenvalue weighted by Gasteiger charge is 2.32. The molecule has 1 atom stereocenters. The summed E-state index contributed by atoms with van der Waals surface area (Å²) < 4.78 is 32.5. The minimum atomic E-state index is -3.56. The van der Waals surface area contributed by atoms with Gasteiger partial charge in [-0.2, -0.15) is 9.57 Å². The topological polar surface area (TPSA) is 94.0 Å². The molecule has 28 heavy (non-hydrogen) atoms. The summed E-state index contributed by atoms with van der Waals surface area (Å²) in [7, 11) is -3.56. The zero-order chi connectivity index (χ0) is 20.3. The van der Waals surface area contributed by atoms with E-state index >= 15 is 0 Å². The maximum atomic E-state index is 12.9. The molecular weight excluding hydrogens is 380 g/mol. The van der Waals surface area contributed by atoms with E-state index in [9.17, 15) is 18.5 Å². The number of rotatable bonds is 4. The van der Waals surface area contributed by atoms with Crippen molar-refractivity contribution in [2.45, 2.75) is 24.8 Å². The molecule has 0 saturated carbocycles. The first-order valence-corrected chi connectivity index (χ1v) is 10.8. The Kier molecular flexibility index (Phi) is 6.35. The zero-order valence-corrected chi connectivity index (χ0v) is 17.1. The van der Waals surface area contributed by atoms with Crippen LogP contribution in [0.15, 0.2) is 23.1 Å². The van der Waals surface area contributed by atoms with Crippen LogP contribution in [0.5, 0.6) is 0 Å². The van der Waals surface area contributed by atoms with E-state index in [1.807, 2.05) is 24.8 Å². The van der Waals surface area contributed by atoms with Crippen molar-refractivity contribution in [3.63, 3.8) is 0 Å². The van der Waals surface area contributed by atoms with Crippen LogP contribution in [0, 0.1) is 25.2 Å². The largest absolute Gasteiger partial charge is 0.377 e. The molecule has 2 aliphatic rings. The number of sulfonamides is 1. The second-order valence-corrected chi connectivity index (χ2v) is 9.16. The fourth-order valence-corrected chi connectivity index (χ4v) is 4.93. The number of carbonyl (C=O) groups is 1. The van der Waals surface area contributed by atoms with Crippen molar-refractivity contribution >= 4 is 15.9 Å². The third-order valence-electron chi connectivity index (χ3n) is 5.43. The smallest absolute Gasteiger partial charge is 0.243 e. The number of nitrogens with zero attached hydrogens (tertiary/aromatic N) is 4. The van der Waals surface area contributed by atoms with Crippen molar-refractivity contribution in [1.29, 1.82) is 5.26 Å². The molecule has 2 aliphatic heterocycles. The molecule has 9 heteroatoms. The van der Waals surface area contributed by atoms with E-state index in [1.54, 1.807) is 17.0 Å². The second-order valence-electron chi connectivity index (χ2n) is 7.22. The number of carbonyl (C=O) groups excluding carboxylic acids is 1. The SMILES string of the molecule is Cc1ccc(S(=O)(=O)N2CCN(C(=O)CN3CCOC[C@@H]3C#N)CC2)cc1C. The van der Waals surface area contributed by atoms with Gasteiger partial charge in [0.15, 0.2) is 0 Å². The fourth-order valence-electron chi connectivity index (χ4n) is 3.42. The first kappa shape index (κ1) is 20.7. The average molecular weight is 407 g/mol. The number of nitriles is 1. The molecule has 0 unspecified atom stereocenters. The molecule has 0 aliphatic carbocycles. The lowest BCUT2D eigenvalue weighted by molar-refractivity contribution is -0.135. The minimum absolute atomic E-state index is 0.0784. The number of hydrogen-bond acceptors (Lipinski definition) is 6. The van der Waals surface area contributed by atoms with E-state index in [0.29, 0.717) is 37.7 Å². The Morgan fingerprint density at radius 3 is 2.54 bits per heavy atom. The van der Waals surface area contributed by atoms with Gasteiger partial charge in [0, 0.05) is 32.7 Å². The normalized spacial score (nSPS) is 22.0. The molecule has 0 aromatic heterocycles. The Labute approximate surface area is 166 Å². The van der Waals surface area contributed by atoms with Crippen molar-refractivity contribution in [3.05, 3.63) is 29.3 Å². The first-order chi connectivity index (χ1) is 13.3. The molecule has 2 saturated heterocycles. The Morgan fingerprint density at radius 2 is 1.89 bits per heavy atom. The van der Waals surface area contributed by atoms with E-state index < -0.39 is 16.1 Å². The quantitative estimate of drug-likeness (QED) is 0.717. The van der Waals surface area contributed by atoms with Crippen LogP contribution in [0.25, 0.3) is 0 Å². The number of amides is 1. The Bertz CT molecular complexity index is 872. The van der Waals surface area contributed by atoms with Gasteiger partial charge in [0.1, 0.15) is 6.04 Å². The lowest BCUT2D eigenvalue weighted by atomic mass is 10.1. The van der Waals surface area contributed by atoms with E-state index in [0.717, 1.165) is 11.1 Å². The van der Waals surface area contributed by atoms with Gasteiger partial charge in [-0.25, -0.2) is 8.42 Å². The molecule has 0 spiro atoms. The lowest BCUT2D eigenvalue weighted by Crippen LogP contribution is -2.54. The van der Waals surface area contributed by atoms with Crippen LogP contribution in [0.1, 0.15) is 11.1 Å². The molecule has 0 bridgehead atoms. The van der Waals surface area contributed by atoms with E-state index in [4.69, 9.17) is 4.74 Å². The van der Waals surface area contributed by atoms with Gasteiger partial charge in [0.2, 0.25) is 15.9 Å². The average Bonchev–Trinajstić information content (AvgIpc) is 2.70. The lowest BCUT2D eigenvalue weighted by Gasteiger charge is -2.36. The molecule has 1 amide bonds. The maximum absolute atomic E-state index is 12.9. The van der Waals surface area contributed by atoms with Gasteiger partial charge in [-0.05, 0) is 37.1 Å². The standard InChI is InChI=1S/C19H26N4O4S/c1-15-3-4-18(11-16(15)2)28(25,26)23-7-5-21(6-8-23)19(24)13-22-9-10-27-14-17(22)12-20/h3-4,11,17H,5-10,13-14H2,1-2H3/t17-/m0/s1. The molecule has 1 aromatic carbocycles. The van der Waals surface area contributed by atoms with Gasteiger partial charge in [0.05, 0.1) is 30.7 Å². The number of ether oxygens (including phenoxy) is 1. The number of morpholine rings is 1. The maximum Gasteiger partial charge on any atom is 0.243 e. The van der Waals surface area contributed by atoms with Gasteiger partial charge in [-0.1, -0.05) is 6.07 Å². The highest BCUT2D eigenvalue weighted by Crippen LogP contribution is 2.20. The van der Waals surface area contributed by atoms with Crippen molar-refractivity contribution in [2.75, 3.05) is 52.5 Å². The van der Waals surface area contributed by atoms with Crippen molar-refractivity contribution in [2.24, 2.45) is 0 Å². The minimum Gasteiger partial charge on any atom is -0.377 e. The van der Waals surface area contributed by atoms with Crippen LogP contribution in [-0.4, -0.2) is 87.0 Å². The summed E-state index contributed by atoms with van der Waals surface area (Å²) in [6.45, 7) is 6.61. The molecular formula is C19H26N4O4S. The summed E-state index contributed by atoms with van der Waals surface area (Å²) >= 11 is 0. The van der Waals surface area contributed by atoms with Crippen LogP contribution < -0.4 is 0 Å². The third-order valence-corrected chi connectivity index (χ3v) is 7.33. The summed E-state index contributed by atoms with van der Waals surface area (Å²) in [6.07, 6.45) is 0. The Hall–Kier alpha value is -1.99. The van der Waals surface area contributed by atoms with Crippen LogP contribution in [0.2, 0.25) is 0 Å². The Morgan fingerprint density at radius 1 is 1.18 bits per heavy atom. The number of benzene rings is 1. The van der Waals surface area contributed by atoms with E-state index in [2.05, 4.69) is 6.07 Å².